The smallest absolute Gasteiger partial charge is 0.0348 e. The van der Waals surface area contributed by atoms with E-state index in [1.165, 1.54) is 6.54 Å². The highest BCUT2D eigenvalue weighted by atomic mass is 15.3. The van der Waals surface area contributed by atoms with Crippen molar-refractivity contribution in [1.29, 1.82) is 0 Å². The van der Waals surface area contributed by atoms with Crippen LogP contribution in [0.5, 0.6) is 0 Å². The lowest BCUT2D eigenvalue weighted by Gasteiger charge is -2.41. The van der Waals surface area contributed by atoms with Crippen molar-refractivity contribution in [2.45, 2.75) is 25.9 Å². The number of piperazine rings is 1. The molecule has 0 aliphatic carbocycles. The number of rotatable bonds is 2. The van der Waals surface area contributed by atoms with Crippen molar-refractivity contribution in [2.24, 2.45) is 5.73 Å². The summed E-state index contributed by atoms with van der Waals surface area (Å²) in [5.74, 6) is 0. The molecule has 1 aliphatic rings. The largest absolute Gasteiger partial charge is 0.329 e. The molecule has 0 amide bonds. The lowest BCUT2D eigenvalue weighted by atomic mass is 10.1. The molecule has 12 heavy (non-hydrogen) atoms. The predicted octanol–water partition coefficient (Wildman–Crippen LogP) is -0.0305. The third-order valence-corrected chi connectivity index (χ3v) is 2.67. The van der Waals surface area contributed by atoms with Gasteiger partial charge in [-0.1, -0.05) is 0 Å². The molecule has 0 aromatic carbocycles. The molecule has 0 aromatic rings. The highest BCUT2D eigenvalue weighted by Gasteiger charge is 2.25. The first-order valence-electron chi connectivity index (χ1n) is 4.79. The summed E-state index contributed by atoms with van der Waals surface area (Å²) >= 11 is 0. The Labute approximate surface area is 75.5 Å². The first-order chi connectivity index (χ1) is 5.65. The van der Waals surface area contributed by atoms with E-state index in [-0.39, 0.29) is 0 Å². The van der Waals surface area contributed by atoms with Crippen LogP contribution in [0.3, 0.4) is 0 Å². The molecule has 1 atom stereocenters. The van der Waals surface area contributed by atoms with Crippen molar-refractivity contribution in [3.63, 3.8) is 0 Å². The first kappa shape index (κ1) is 9.96. The number of hydrogen-bond donors (Lipinski definition) is 1. The van der Waals surface area contributed by atoms with E-state index < -0.39 is 0 Å². The van der Waals surface area contributed by atoms with Gasteiger partial charge in [0.05, 0.1) is 0 Å². The van der Waals surface area contributed by atoms with Gasteiger partial charge in [-0.25, -0.2) is 0 Å². The summed E-state index contributed by atoms with van der Waals surface area (Å²) in [6.45, 7) is 8.73. The minimum atomic E-state index is 0.559. The molecule has 3 heteroatoms. The molecule has 1 rings (SSSR count). The molecular formula is C9H21N3. The zero-order valence-electron chi connectivity index (χ0n) is 8.45. The maximum absolute atomic E-state index is 5.73. The van der Waals surface area contributed by atoms with E-state index in [1.807, 2.05) is 0 Å². The first-order valence-corrected chi connectivity index (χ1v) is 4.79. The minimum absolute atomic E-state index is 0.559. The Hall–Kier alpha value is -0.120. The summed E-state index contributed by atoms with van der Waals surface area (Å²) in [6, 6.07) is 1.19. The average molecular weight is 171 g/mol. The second-order valence-corrected chi connectivity index (χ2v) is 3.98. The maximum Gasteiger partial charge on any atom is 0.0348 e. The summed E-state index contributed by atoms with van der Waals surface area (Å²) in [6.07, 6.45) is 0. The van der Waals surface area contributed by atoms with Crippen LogP contribution in [0.2, 0.25) is 0 Å². The van der Waals surface area contributed by atoms with Crippen LogP contribution in [0.15, 0.2) is 0 Å². The zero-order chi connectivity index (χ0) is 9.14. The van der Waals surface area contributed by atoms with Gasteiger partial charge in [-0.05, 0) is 20.9 Å². The molecule has 0 saturated carbocycles. The van der Waals surface area contributed by atoms with Crippen LogP contribution in [0.25, 0.3) is 0 Å². The zero-order valence-corrected chi connectivity index (χ0v) is 8.45. The second-order valence-electron chi connectivity index (χ2n) is 3.98. The van der Waals surface area contributed by atoms with E-state index in [4.69, 9.17) is 5.73 Å². The number of nitrogens with two attached hydrogens (primary N) is 1. The van der Waals surface area contributed by atoms with E-state index in [1.54, 1.807) is 0 Å². The van der Waals surface area contributed by atoms with Gasteiger partial charge in [0.15, 0.2) is 0 Å². The molecule has 0 bridgehead atoms. The Kier molecular flexibility index (Phi) is 3.50. The summed E-state index contributed by atoms with van der Waals surface area (Å²) in [5, 5.41) is 0. The molecule has 1 saturated heterocycles. The van der Waals surface area contributed by atoms with Crippen molar-refractivity contribution in [2.75, 3.05) is 33.2 Å². The van der Waals surface area contributed by atoms with Crippen LogP contribution in [-0.4, -0.2) is 55.1 Å². The SMILES string of the molecule is CC(C)N1CCN(C)CC1CN. The van der Waals surface area contributed by atoms with E-state index in [0.717, 1.165) is 19.6 Å². The van der Waals surface area contributed by atoms with Crippen LogP contribution in [0.1, 0.15) is 13.8 Å². The van der Waals surface area contributed by atoms with E-state index in [9.17, 15) is 0 Å². The molecular weight excluding hydrogens is 150 g/mol. The molecule has 1 aliphatic heterocycles. The lowest BCUT2D eigenvalue weighted by Crippen LogP contribution is -2.56. The van der Waals surface area contributed by atoms with Gasteiger partial charge in [0.2, 0.25) is 0 Å². The van der Waals surface area contributed by atoms with Crippen LogP contribution in [-0.2, 0) is 0 Å². The standard InChI is InChI=1S/C9H21N3/c1-8(2)12-5-4-11(3)7-9(12)6-10/h8-9H,4-7,10H2,1-3H3. The van der Waals surface area contributed by atoms with Gasteiger partial charge in [-0.2, -0.15) is 0 Å². The second kappa shape index (κ2) is 4.21. The van der Waals surface area contributed by atoms with Crippen LogP contribution in [0.4, 0.5) is 0 Å². The summed E-state index contributed by atoms with van der Waals surface area (Å²) < 4.78 is 0. The van der Waals surface area contributed by atoms with Gasteiger partial charge in [0.25, 0.3) is 0 Å². The molecule has 72 valence electrons. The molecule has 3 nitrogen and oxygen atoms in total. The van der Waals surface area contributed by atoms with Gasteiger partial charge in [-0.3, -0.25) is 4.90 Å². The van der Waals surface area contributed by atoms with Gasteiger partial charge in [0.1, 0.15) is 0 Å². The van der Waals surface area contributed by atoms with Gasteiger partial charge in [-0.15, -0.1) is 0 Å². The molecule has 2 N–H and O–H groups in total. The van der Waals surface area contributed by atoms with Crippen molar-refractivity contribution in [3.05, 3.63) is 0 Å². The summed E-state index contributed by atoms with van der Waals surface area (Å²) in [7, 11) is 2.17. The van der Waals surface area contributed by atoms with E-state index >= 15 is 0 Å². The maximum atomic E-state index is 5.73. The minimum Gasteiger partial charge on any atom is -0.329 e. The van der Waals surface area contributed by atoms with Crippen molar-refractivity contribution in [3.8, 4) is 0 Å². The number of hydrogen-bond acceptors (Lipinski definition) is 3. The Morgan fingerprint density at radius 3 is 2.58 bits per heavy atom. The number of nitrogens with zero attached hydrogens (tertiary/aromatic N) is 2. The van der Waals surface area contributed by atoms with Crippen molar-refractivity contribution < 1.29 is 0 Å². The molecule has 1 unspecified atom stereocenters. The van der Waals surface area contributed by atoms with Gasteiger partial charge >= 0.3 is 0 Å². The summed E-state index contributed by atoms with van der Waals surface area (Å²) in [5.41, 5.74) is 5.73. The highest BCUT2D eigenvalue weighted by Crippen LogP contribution is 2.10. The quantitative estimate of drug-likeness (QED) is 0.633. The fourth-order valence-corrected chi connectivity index (χ4v) is 1.91. The Morgan fingerprint density at radius 2 is 2.08 bits per heavy atom. The molecule has 0 aromatic heterocycles. The van der Waals surface area contributed by atoms with E-state index in [0.29, 0.717) is 12.1 Å². The molecule has 0 radical (unpaired) electrons. The Bertz CT molecular complexity index is 136. The fraction of sp³-hybridized carbons (Fsp3) is 1.00. The third kappa shape index (κ3) is 2.19. The van der Waals surface area contributed by atoms with Crippen molar-refractivity contribution in [1.82, 2.24) is 9.80 Å². The van der Waals surface area contributed by atoms with E-state index in [2.05, 4.69) is 30.7 Å². The Balaban J connectivity index is 2.50. The van der Waals surface area contributed by atoms with Crippen LogP contribution in [0, 0.1) is 0 Å². The summed E-state index contributed by atoms with van der Waals surface area (Å²) in [4.78, 5) is 4.86. The van der Waals surface area contributed by atoms with Crippen LogP contribution < -0.4 is 5.73 Å². The van der Waals surface area contributed by atoms with Gasteiger partial charge in [0, 0.05) is 38.3 Å². The van der Waals surface area contributed by atoms with Crippen LogP contribution >= 0.6 is 0 Å². The lowest BCUT2D eigenvalue weighted by molar-refractivity contribution is 0.0687. The highest BCUT2D eigenvalue weighted by molar-refractivity contribution is 4.83. The van der Waals surface area contributed by atoms with Crippen molar-refractivity contribution >= 4 is 0 Å². The average Bonchev–Trinajstić information content (AvgIpc) is 2.03. The topological polar surface area (TPSA) is 32.5 Å². The monoisotopic (exact) mass is 171 g/mol. The predicted molar refractivity (Wildman–Crippen MR) is 52.2 cm³/mol. The third-order valence-electron chi connectivity index (χ3n) is 2.67. The molecule has 1 fully saturated rings. The molecule has 1 heterocycles. The number of likely N-dealkylation sites (N-methyl/N-ethyl adjacent to an activating group) is 1. The van der Waals surface area contributed by atoms with Gasteiger partial charge < -0.3 is 10.6 Å². The normalized spacial score (nSPS) is 28.2. The fourth-order valence-electron chi connectivity index (χ4n) is 1.91. The Morgan fingerprint density at radius 1 is 1.42 bits per heavy atom. The molecule has 0 spiro atoms.